The molecule has 0 heterocycles. The SMILES string of the molecule is CC1Cc2cc(C(C)(C)C)cc(-c3ccc(C(C)(C)C)cc3)c2C1=O. The molecule has 3 rings (SSSR count). The van der Waals surface area contributed by atoms with Gasteiger partial charge in [0.1, 0.15) is 0 Å². The maximum atomic E-state index is 12.8. The predicted molar refractivity (Wildman–Crippen MR) is 106 cm³/mol. The number of fused-ring (bicyclic) bond motifs is 1. The average Bonchev–Trinajstić information content (AvgIpc) is 2.80. The van der Waals surface area contributed by atoms with Crippen LogP contribution in [0, 0.1) is 5.92 Å². The molecule has 0 amide bonds. The summed E-state index contributed by atoms with van der Waals surface area (Å²) in [6, 6.07) is 13.3. The predicted octanol–water partition coefficient (Wildman–Crippen LogP) is 6.32. The van der Waals surface area contributed by atoms with E-state index in [1.807, 2.05) is 6.92 Å². The summed E-state index contributed by atoms with van der Waals surface area (Å²) in [4.78, 5) is 12.8. The molecular formula is C24H30O. The molecule has 0 aromatic heterocycles. The summed E-state index contributed by atoms with van der Waals surface area (Å²) in [7, 11) is 0. The number of benzene rings is 2. The fraction of sp³-hybridized carbons (Fsp3) is 0.458. The number of ketones is 1. The molecule has 1 unspecified atom stereocenters. The minimum absolute atomic E-state index is 0.0734. The number of Topliss-reactive ketones (excluding diaryl/α,β-unsaturated/α-hetero) is 1. The summed E-state index contributed by atoms with van der Waals surface area (Å²) in [5.74, 6) is 0.392. The summed E-state index contributed by atoms with van der Waals surface area (Å²) < 4.78 is 0. The average molecular weight is 335 g/mol. The van der Waals surface area contributed by atoms with Gasteiger partial charge in [-0.2, -0.15) is 0 Å². The highest BCUT2D eigenvalue weighted by atomic mass is 16.1. The van der Waals surface area contributed by atoms with Crippen LogP contribution in [0.3, 0.4) is 0 Å². The molecule has 0 radical (unpaired) electrons. The Hall–Kier alpha value is -1.89. The van der Waals surface area contributed by atoms with Gasteiger partial charge < -0.3 is 0 Å². The molecule has 0 saturated carbocycles. The van der Waals surface area contributed by atoms with Crippen LogP contribution >= 0.6 is 0 Å². The van der Waals surface area contributed by atoms with Gasteiger partial charge >= 0.3 is 0 Å². The van der Waals surface area contributed by atoms with Gasteiger partial charge in [-0.25, -0.2) is 0 Å². The van der Waals surface area contributed by atoms with Gasteiger partial charge in [0.2, 0.25) is 0 Å². The number of hydrogen-bond donors (Lipinski definition) is 0. The van der Waals surface area contributed by atoms with Crippen LogP contribution in [0.4, 0.5) is 0 Å². The first-order chi connectivity index (χ1) is 11.5. The first-order valence-corrected chi connectivity index (χ1v) is 9.31. The lowest BCUT2D eigenvalue weighted by atomic mass is 9.81. The van der Waals surface area contributed by atoms with E-state index in [1.165, 1.54) is 16.7 Å². The number of carbonyl (C=O) groups excluding carboxylic acids is 1. The quantitative estimate of drug-likeness (QED) is 0.596. The molecule has 0 saturated heterocycles. The molecule has 0 bridgehead atoms. The van der Waals surface area contributed by atoms with Crippen molar-refractivity contribution in [2.45, 2.75) is 65.7 Å². The summed E-state index contributed by atoms with van der Waals surface area (Å²) in [6.07, 6.45) is 0.866. The zero-order valence-corrected chi connectivity index (χ0v) is 16.7. The lowest BCUT2D eigenvalue weighted by molar-refractivity contribution is 0.0947. The lowest BCUT2D eigenvalue weighted by Gasteiger charge is -2.23. The summed E-state index contributed by atoms with van der Waals surface area (Å²) >= 11 is 0. The highest BCUT2D eigenvalue weighted by molar-refractivity contribution is 6.07. The lowest BCUT2D eigenvalue weighted by Crippen LogP contribution is -2.13. The van der Waals surface area contributed by atoms with E-state index in [9.17, 15) is 4.79 Å². The third kappa shape index (κ3) is 3.29. The number of hydrogen-bond acceptors (Lipinski definition) is 1. The fourth-order valence-corrected chi connectivity index (χ4v) is 3.63. The van der Waals surface area contributed by atoms with Crippen molar-refractivity contribution in [3.8, 4) is 11.1 Å². The van der Waals surface area contributed by atoms with Crippen LogP contribution in [0.25, 0.3) is 11.1 Å². The topological polar surface area (TPSA) is 17.1 Å². The van der Waals surface area contributed by atoms with Gasteiger partial charge in [-0.1, -0.05) is 78.8 Å². The van der Waals surface area contributed by atoms with Crippen molar-refractivity contribution < 1.29 is 4.79 Å². The Kier molecular flexibility index (Phi) is 4.18. The van der Waals surface area contributed by atoms with Crippen LogP contribution < -0.4 is 0 Å². The van der Waals surface area contributed by atoms with Gasteiger partial charge in [0.25, 0.3) is 0 Å². The van der Waals surface area contributed by atoms with Gasteiger partial charge in [0.15, 0.2) is 5.78 Å². The first kappa shape index (κ1) is 17.9. The third-order valence-electron chi connectivity index (χ3n) is 5.37. The Morgan fingerprint density at radius 3 is 1.92 bits per heavy atom. The van der Waals surface area contributed by atoms with Crippen LogP contribution in [0.2, 0.25) is 0 Å². The van der Waals surface area contributed by atoms with Crippen LogP contribution in [-0.4, -0.2) is 5.78 Å². The number of carbonyl (C=O) groups is 1. The zero-order valence-electron chi connectivity index (χ0n) is 16.7. The van der Waals surface area contributed by atoms with Crippen molar-refractivity contribution in [1.82, 2.24) is 0 Å². The maximum Gasteiger partial charge on any atom is 0.166 e. The second-order valence-corrected chi connectivity index (χ2v) is 9.60. The second kappa shape index (κ2) is 5.83. The maximum absolute atomic E-state index is 12.8. The normalized spacial score (nSPS) is 17.7. The molecule has 1 heteroatoms. The van der Waals surface area contributed by atoms with Crippen molar-refractivity contribution in [1.29, 1.82) is 0 Å². The molecule has 1 aliphatic rings. The van der Waals surface area contributed by atoms with Gasteiger partial charge in [0, 0.05) is 11.5 Å². The van der Waals surface area contributed by atoms with E-state index in [0.29, 0.717) is 5.78 Å². The smallest absolute Gasteiger partial charge is 0.166 e. The summed E-state index contributed by atoms with van der Waals surface area (Å²) in [5.41, 5.74) is 7.27. The Bertz CT molecular complexity index is 811. The van der Waals surface area contributed by atoms with Crippen molar-refractivity contribution in [2.24, 2.45) is 5.92 Å². The molecule has 0 spiro atoms. The van der Waals surface area contributed by atoms with Crippen molar-refractivity contribution >= 4 is 5.78 Å². The molecule has 2 aromatic carbocycles. The number of rotatable bonds is 1. The second-order valence-electron chi connectivity index (χ2n) is 9.60. The minimum Gasteiger partial charge on any atom is -0.294 e. The van der Waals surface area contributed by atoms with E-state index in [-0.39, 0.29) is 16.7 Å². The van der Waals surface area contributed by atoms with Crippen molar-refractivity contribution in [3.63, 3.8) is 0 Å². The molecule has 0 N–H and O–H groups in total. The summed E-state index contributed by atoms with van der Waals surface area (Å²) in [6.45, 7) is 15.4. The Morgan fingerprint density at radius 1 is 0.840 bits per heavy atom. The van der Waals surface area contributed by atoms with E-state index in [2.05, 4.69) is 77.9 Å². The van der Waals surface area contributed by atoms with Gasteiger partial charge in [0.05, 0.1) is 0 Å². The molecule has 0 fully saturated rings. The molecule has 2 aromatic rings. The van der Waals surface area contributed by atoms with Gasteiger partial charge in [-0.3, -0.25) is 4.79 Å². The van der Waals surface area contributed by atoms with Crippen molar-refractivity contribution in [3.05, 3.63) is 58.7 Å². The van der Waals surface area contributed by atoms with Crippen molar-refractivity contribution in [2.75, 3.05) is 0 Å². The Morgan fingerprint density at radius 2 is 1.40 bits per heavy atom. The van der Waals surface area contributed by atoms with E-state index in [0.717, 1.165) is 23.1 Å². The Balaban J connectivity index is 2.18. The standard InChI is InChI=1S/C24H30O/c1-15-12-17-13-19(24(5,6)7)14-20(21(17)22(15)25)16-8-10-18(11-9-16)23(2,3)4/h8-11,13-15H,12H2,1-7H3. The van der Waals surface area contributed by atoms with Crippen LogP contribution in [0.15, 0.2) is 36.4 Å². The van der Waals surface area contributed by atoms with E-state index in [1.54, 1.807) is 0 Å². The molecule has 25 heavy (non-hydrogen) atoms. The molecule has 1 atom stereocenters. The van der Waals surface area contributed by atoms with E-state index in [4.69, 9.17) is 0 Å². The first-order valence-electron chi connectivity index (χ1n) is 9.31. The third-order valence-corrected chi connectivity index (χ3v) is 5.37. The Labute approximate surface area is 152 Å². The van der Waals surface area contributed by atoms with Crippen LogP contribution in [0.5, 0.6) is 0 Å². The molecule has 132 valence electrons. The van der Waals surface area contributed by atoms with Crippen LogP contribution in [0.1, 0.15) is 75.5 Å². The monoisotopic (exact) mass is 334 g/mol. The molecular weight excluding hydrogens is 304 g/mol. The van der Waals surface area contributed by atoms with E-state index >= 15 is 0 Å². The summed E-state index contributed by atoms with van der Waals surface area (Å²) in [5, 5.41) is 0. The van der Waals surface area contributed by atoms with Crippen LogP contribution in [-0.2, 0) is 17.3 Å². The largest absolute Gasteiger partial charge is 0.294 e. The molecule has 0 aliphatic heterocycles. The minimum atomic E-state index is 0.0734. The van der Waals surface area contributed by atoms with E-state index < -0.39 is 0 Å². The van der Waals surface area contributed by atoms with Gasteiger partial charge in [-0.15, -0.1) is 0 Å². The zero-order chi connectivity index (χ0) is 18.6. The highest BCUT2D eigenvalue weighted by Gasteiger charge is 2.31. The highest BCUT2D eigenvalue weighted by Crippen LogP contribution is 2.39. The van der Waals surface area contributed by atoms with Gasteiger partial charge in [-0.05, 0) is 51.1 Å². The molecule has 1 aliphatic carbocycles. The molecule has 1 nitrogen and oxygen atoms in total. The fourth-order valence-electron chi connectivity index (χ4n) is 3.63.